The molecule has 2 aromatic carbocycles. The van der Waals surface area contributed by atoms with Crippen LogP contribution in [-0.4, -0.2) is 28.6 Å². The minimum absolute atomic E-state index is 0.0537. The van der Waals surface area contributed by atoms with Crippen LogP contribution in [-0.2, 0) is 9.53 Å². The Kier molecular flexibility index (Phi) is 7.65. The quantitative estimate of drug-likeness (QED) is 0.401. The first kappa shape index (κ1) is 24.9. The molecule has 2 fully saturated rings. The lowest BCUT2D eigenvalue weighted by atomic mass is 9.82. The summed E-state index contributed by atoms with van der Waals surface area (Å²) in [6.07, 6.45) is 9.87. The van der Waals surface area contributed by atoms with Gasteiger partial charge in [-0.1, -0.05) is 68.9 Å². The van der Waals surface area contributed by atoms with Crippen LogP contribution in [0.4, 0.5) is 8.78 Å². The average Bonchev–Trinajstić information content (AvgIpc) is 3.24. The maximum absolute atomic E-state index is 14.6. The Hall–Kier alpha value is -2.80. The van der Waals surface area contributed by atoms with Crippen molar-refractivity contribution in [3.05, 3.63) is 65.5 Å². The van der Waals surface area contributed by atoms with Gasteiger partial charge in [-0.05, 0) is 37.2 Å². The highest BCUT2D eigenvalue weighted by atomic mass is 19.2. The number of ether oxygens (including phenoxy) is 1. The van der Waals surface area contributed by atoms with Crippen LogP contribution in [0.5, 0.6) is 0 Å². The summed E-state index contributed by atoms with van der Waals surface area (Å²) in [6.45, 7) is 0. The Labute approximate surface area is 211 Å². The highest BCUT2D eigenvalue weighted by Gasteiger charge is 2.37. The number of carbonyl (C=O) groups is 1. The van der Waals surface area contributed by atoms with Crippen LogP contribution < -0.4 is 5.32 Å². The molecule has 7 heteroatoms. The van der Waals surface area contributed by atoms with Gasteiger partial charge in [0.15, 0.2) is 11.6 Å². The third-order valence-electron chi connectivity index (χ3n) is 7.93. The lowest BCUT2D eigenvalue weighted by Gasteiger charge is -2.34. The van der Waals surface area contributed by atoms with Gasteiger partial charge in [0.25, 0.3) is 0 Å². The van der Waals surface area contributed by atoms with E-state index >= 15 is 0 Å². The van der Waals surface area contributed by atoms with Gasteiger partial charge in [-0.25, -0.2) is 13.8 Å². The zero-order chi connectivity index (χ0) is 25.1. The first-order chi connectivity index (χ1) is 17.6. The molecule has 36 heavy (non-hydrogen) atoms. The number of halogens is 2. The van der Waals surface area contributed by atoms with E-state index in [2.05, 4.69) is 5.32 Å². The Balaban J connectivity index is 1.66. The van der Waals surface area contributed by atoms with E-state index in [1.807, 2.05) is 34.9 Å². The molecule has 5 nitrogen and oxygen atoms in total. The van der Waals surface area contributed by atoms with Crippen LogP contribution in [0.15, 0.2) is 42.5 Å². The highest BCUT2D eigenvalue weighted by molar-refractivity contribution is 5.85. The van der Waals surface area contributed by atoms with Crippen LogP contribution in [0.3, 0.4) is 0 Å². The van der Waals surface area contributed by atoms with Gasteiger partial charge >= 0.3 is 0 Å². The van der Waals surface area contributed by atoms with E-state index in [9.17, 15) is 13.6 Å². The largest absolute Gasteiger partial charge is 0.369 e. The minimum Gasteiger partial charge on any atom is -0.369 e. The molecular weight excluding hydrogens is 460 g/mol. The second-order valence-corrected chi connectivity index (χ2v) is 10.3. The van der Waals surface area contributed by atoms with Crippen molar-refractivity contribution in [2.45, 2.75) is 82.4 Å². The molecule has 192 valence electrons. The molecule has 2 aliphatic carbocycles. The van der Waals surface area contributed by atoms with E-state index in [0.717, 1.165) is 69.4 Å². The maximum Gasteiger partial charge on any atom is 0.243 e. The van der Waals surface area contributed by atoms with Crippen LogP contribution in [0.25, 0.3) is 11.0 Å². The number of methoxy groups -OCH3 is 1. The number of nitrogens with one attached hydrogen (secondary N) is 1. The number of aromatic nitrogens is 2. The highest BCUT2D eigenvalue weighted by Crippen LogP contribution is 2.39. The van der Waals surface area contributed by atoms with Crippen molar-refractivity contribution >= 4 is 16.9 Å². The number of nitrogens with zero attached hydrogens (tertiary/aromatic N) is 2. The standard InChI is InChI=1S/C29H35F2N3O2/c1-36-27(20-13-7-3-8-14-20)28-33-24-17-22(30)23(31)18-25(24)34(28)26(19-11-5-2-6-12-19)29(35)32-21-15-9-4-10-16-21/h3,7-8,13-14,17-19,21,26-27H,2,4-6,9-12,15-16H2,1H3,(H,32,35)/t26-,27?/m1/s1. The van der Waals surface area contributed by atoms with Gasteiger partial charge in [-0.3, -0.25) is 4.79 Å². The van der Waals surface area contributed by atoms with E-state index in [0.29, 0.717) is 16.9 Å². The van der Waals surface area contributed by atoms with Crippen molar-refractivity contribution in [3.63, 3.8) is 0 Å². The van der Waals surface area contributed by atoms with Crippen molar-refractivity contribution in [2.75, 3.05) is 7.11 Å². The van der Waals surface area contributed by atoms with Crippen molar-refractivity contribution in [1.82, 2.24) is 14.9 Å². The lowest BCUT2D eigenvalue weighted by Crippen LogP contribution is -2.44. The molecule has 1 unspecified atom stereocenters. The first-order valence-corrected chi connectivity index (χ1v) is 13.3. The summed E-state index contributed by atoms with van der Waals surface area (Å²) in [7, 11) is 1.60. The Morgan fingerprint density at radius 1 is 0.972 bits per heavy atom. The fourth-order valence-electron chi connectivity index (χ4n) is 6.13. The molecule has 1 heterocycles. The molecule has 5 rings (SSSR count). The van der Waals surface area contributed by atoms with Gasteiger partial charge in [0.1, 0.15) is 18.0 Å². The summed E-state index contributed by atoms with van der Waals surface area (Å²) in [5.41, 5.74) is 1.62. The number of carbonyl (C=O) groups excluding carboxylic acids is 1. The van der Waals surface area contributed by atoms with E-state index in [4.69, 9.17) is 9.72 Å². The summed E-state index contributed by atoms with van der Waals surface area (Å²) in [5, 5.41) is 3.32. The van der Waals surface area contributed by atoms with Crippen LogP contribution in [0.2, 0.25) is 0 Å². The summed E-state index contributed by atoms with van der Waals surface area (Å²) < 4.78 is 36.6. The number of hydrogen-bond acceptors (Lipinski definition) is 3. The second-order valence-electron chi connectivity index (χ2n) is 10.3. The number of rotatable bonds is 7. The number of hydrogen-bond donors (Lipinski definition) is 1. The molecule has 0 radical (unpaired) electrons. The van der Waals surface area contributed by atoms with Crippen molar-refractivity contribution in [2.24, 2.45) is 5.92 Å². The zero-order valence-corrected chi connectivity index (χ0v) is 20.9. The molecule has 0 spiro atoms. The smallest absolute Gasteiger partial charge is 0.243 e. The zero-order valence-electron chi connectivity index (χ0n) is 20.9. The van der Waals surface area contributed by atoms with Crippen molar-refractivity contribution in [1.29, 1.82) is 0 Å². The first-order valence-electron chi connectivity index (χ1n) is 13.3. The number of amides is 1. The normalized spacial score (nSPS) is 19.3. The molecule has 2 atom stereocenters. The summed E-state index contributed by atoms with van der Waals surface area (Å²) in [5.74, 6) is -1.37. The number of imidazole rings is 1. The number of benzene rings is 2. The molecule has 0 saturated heterocycles. The predicted octanol–water partition coefficient (Wildman–Crippen LogP) is 6.62. The number of fused-ring (bicyclic) bond motifs is 1. The fourth-order valence-corrected chi connectivity index (χ4v) is 6.13. The van der Waals surface area contributed by atoms with Crippen LogP contribution >= 0.6 is 0 Å². The summed E-state index contributed by atoms with van der Waals surface area (Å²) in [6, 6.07) is 11.5. The SMILES string of the molecule is COC(c1ccccc1)c1nc2cc(F)c(F)cc2n1[C@@H](C(=O)NC1CCCCC1)C1CCCCC1. The van der Waals surface area contributed by atoms with Crippen LogP contribution in [0.1, 0.15) is 87.7 Å². The molecule has 2 saturated carbocycles. The molecule has 3 aromatic rings. The van der Waals surface area contributed by atoms with Gasteiger partial charge in [0, 0.05) is 25.3 Å². The Morgan fingerprint density at radius 2 is 1.61 bits per heavy atom. The minimum atomic E-state index is -0.951. The van der Waals surface area contributed by atoms with E-state index in [-0.39, 0.29) is 17.9 Å². The molecule has 2 aliphatic rings. The lowest BCUT2D eigenvalue weighted by molar-refractivity contribution is -0.127. The Morgan fingerprint density at radius 3 is 2.28 bits per heavy atom. The monoisotopic (exact) mass is 495 g/mol. The van der Waals surface area contributed by atoms with E-state index < -0.39 is 23.8 Å². The molecular formula is C29H35F2N3O2. The van der Waals surface area contributed by atoms with Gasteiger partial charge in [0.05, 0.1) is 11.0 Å². The molecule has 1 amide bonds. The molecule has 0 bridgehead atoms. The molecule has 1 aromatic heterocycles. The summed E-state index contributed by atoms with van der Waals surface area (Å²) >= 11 is 0. The average molecular weight is 496 g/mol. The summed E-state index contributed by atoms with van der Waals surface area (Å²) in [4.78, 5) is 18.8. The third-order valence-corrected chi connectivity index (χ3v) is 7.93. The molecule has 0 aliphatic heterocycles. The fraction of sp³-hybridized carbons (Fsp3) is 0.517. The van der Waals surface area contributed by atoms with Crippen LogP contribution in [0, 0.1) is 17.6 Å². The van der Waals surface area contributed by atoms with Gasteiger partial charge in [0.2, 0.25) is 5.91 Å². The van der Waals surface area contributed by atoms with E-state index in [1.165, 1.54) is 12.5 Å². The van der Waals surface area contributed by atoms with E-state index in [1.54, 1.807) is 7.11 Å². The van der Waals surface area contributed by atoms with Gasteiger partial charge < -0.3 is 14.6 Å². The Bertz CT molecular complexity index is 1180. The third kappa shape index (κ3) is 5.03. The van der Waals surface area contributed by atoms with Crippen molar-refractivity contribution < 1.29 is 18.3 Å². The maximum atomic E-state index is 14.6. The second kappa shape index (κ2) is 11.1. The van der Waals surface area contributed by atoms with Gasteiger partial charge in [-0.2, -0.15) is 0 Å². The predicted molar refractivity (Wildman–Crippen MR) is 136 cm³/mol. The molecule has 1 N–H and O–H groups in total. The van der Waals surface area contributed by atoms with Gasteiger partial charge in [-0.15, -0.1) is 0 Å². The van der Waals surface area contributed by atoms with Crippen molar-refractivity contribution in [3.8, 4) is 0 Å². The topological polar surface area (TPSA) is 56.2 Å².